The molecule has 15 heavy (non-hydrogen) atoms. The summed E-state index contributed by atoms with van der Waals surface area (Å²) in [4.78, 5) is 13.0. The van der Waals surface area contributed by atoms with Gasteiger partial charge in [-0.1, -0.05) is 20.8 Å². The summed E-state index contributed by atoms with van der Waals surface area (Å²) in [5.74, 6) is -0.708. The smallest absolute Gasteiger partial charge is 0.304 e. The summed E-state index contributed by atoms with van der Waals surface area (Å²) < 4.78 is 0. The number of hydrogen-bond acceptors (Lipinski definition) is 3. The van der Waals surface area contributed by atoms with Gasteiger partial charge in [0.15, 0.2) is 0 Å². The topological polar surface area (TPSA) is 52.6 Å². The molecule has 0 amide bonds. The van der Waals surface area contributed by atoms with Crippen molar-refractivity contribution < 1.29 is 9.90 Å². The Morgan fingerprint density at radius 2 is 2.27 bits per heavy atom. The van der Waals surface area contributed by atoms with Crippen molar-refractivity contribution in [1.82, 2.24) is 10.2 Å². The minimum absolute atomic E-state index is 0.134. The van der Waals surface area contributed by atoms with E-state index < -0.39 is 5.97 Å². The minimum atomic E-state index is -0.708. The molecule has 1 unspecified atom stereocenters. The van der Waals surface area contributed by atoms with Crippen LogP contribution in [0.2, 0.25) is 0 Å². The highest BCUT2D eigenvalue weighted by molar-refractivity contribution is 5.67. The zero-order valence-corrected chi connectivity index (χ0v) is 9.92. The van der Waals surface area contributed by atoms with Crippen LogP contribution >= 0.6 is 0 Å². The van der Waals surface area contributed by atoms with Gasteiger partial charge in [-0.2, -0.15) is 0 Å². The first-order valence-electron chi connectivity index (χ1n) is 5.61. The summed E-state index contributed by atoms with van der Waals surface area (Å²) in [6, 6.07) is 0.134. The summed E-state index contributed by atoms with van der Waals surface area (Å²) in [6.07, 6.45) is 0.233. The maximum Gasteiger partial charge on any atom is 0.304 e. The van der Waals surface area contributed by atoms with Crippen LogP contribution in [0.4, 0.5) is 0 Å². The average molecular weight is 214 g/mol. The van der Waals surface area contributed by atoms with Crippen molar-refractivity contribution >= 4 is 5.97 Å². The predicted molar refractivity (Wildman–Crippen MR) is 59.9 cm³/mol. The molecule has 0 aromatic rings. The predicted octanol–water partition coefficient (Wildman–Crippen LogP) is 0.781. The van der Waals surface area contributed by atoms with Crippen LogP contribution in [0.5, 0.6) is 0 Å². The van der Waals surface area contributed by atoms with E-state index in [1.807, 2.05) is 0 Å². The van der Waals surface area contributed by atoms with Gasteiger partial charge < -0.3 is 10.4 Å². The highest BCUT2D eigenvalue weighted by Crippen LogP contribution is 2.21. The largest absolute Gasteiger partial charge is 0.481 e. The molecule has 1 aliphatic heterocycles. The molecule has 1 heterocycles. The van der Waals surface area contributed by atoms with Gasteiger partial charge >= 0.3 is 5.97 Å². The zero-order chi connectivity index (χ0) is 11.5. The minimum Gasteiger partial charge on any atom is -0.481 e. The summed E-state index contributed by atoms with van der Waals surface area (Å²) in [5.41, 5.74) is 0.225. The number of carboxylic acid groups (broad SMARTS) is 1. The second kappa shape index (κ2) is 4.94. The number of carboxylic acids is 1. The zero-order valence-electron chi connectivity index (χ0n) is 9.92. The lowest BCUT2D eigenvalue weighted by Crippen LogP contribution is -2.42. The van der Waals surface area contributed by atoms with Crippen LogP contribution in [0.1, 0.15) is 27.2 Å². The molecule has 1 fully saturated rings. The Morgan fingerprint density at radius 3 is 2.80 bits per heavy atom. The van der Waals surface area contributed by atoms with Crippen molar-refractivity contribution in [3.63, 3.8) is 0 Å². The SMILES string of the molecule is CCN1CC(C)(C)CNCC1CC(=O)O. The summed E-state index contributed by atoms with van der Waals surface area (Å²) in [7, 11) is 0. The molecular weight excluding hydrogens is 192 g/mol. The van der Waals surface area contributed by atoms with Crippen LogP contribution < -0.4 is 5.32 Å². The summed E-state index contributed by atoms with van der Waals surface area (Å²) >= 11 is 0. The maximum atomic E-state index is 10.7. The average Bonchev–Trinajstić information content (AvgIpc) is 2.24. The van der Waals surface area contributed by atoms with Gasteiger partial charge in [-0.15, -0.1) is 0 Å². The molecular formula is C11H22N2O2. The second-order valence-electron chi connectivity index (χ2n) is 5.11. The Balaban J connectivity index is 2.66. The fourth-order valence-electron chi connectivity index (χ4n) is 2.21. The Kier molecular flexibility index (Phi) is 4.11. The molecule has 0 bridgehead atoms. The molecule has 0 saturated carbocycles. The number of likely N-dealkylation sites (N-methyl/N-ethyl adjacent to an activating group) is 1. The van der Waals surface area contributed by atoms with Gasteiger partial charge in [0.05, 0.1) is 6.42 Å². The molecule has 1 rings (SSSR count). The highest BCUT2D eigenvalue weighted by Gasteiger charge is 2.30. The summed E-state index contributed by atoms with van der Waals surface area (Å²) in [5, 5.41) is 12.2. The monoisotopic (exact) mass is 214 g/mol. The second-order valence-corrected chi connectivity index (χ2v) is 5.11. The van der Waals surface area contributed by atoms with E-state index in [4.69, 9.17) is 5.11 Å². The molecule has 0 spiro atoms. The van der Waals surface area contributed by atoms with Crippen molar-refractivity contribution in [3.05, 3.63) is 0 Å². The molecule has 1 aliphatic rings. The fraction of sp³-hybridized carbons (Fsp3) is 0.909. The molecule has 1 atom stereocenters. The molecule has 2 N–H and O–H groups in total. The van der Waals surface area contributed by atoms with Crippen molar-refractivity contribution in [1.29, 1.82) is 0 Å². The van der Waals surface area contributed by atoms with Gasteiger partial charge in [-0.3, -0.25) is 9.69 Å². The lowest BCUT2D eigenvalue weighted by molar-refractivity contribution is -0.138. The Bertz CT molecular complexity index is 229. The highest BCUT2D eigenvalue weighted by atomic mass is 16.4. The van der Waals surface area contributed by atoms with Gasteiger partial charge in [0, 0.05) is 25.7 Å². The van der Waals surface area contributed by atoms with Crippen molar-refractivity contribution in [2.24, 2.45) is 5.41 Å². The normalized spacial score (nSPS) is 27.3. The first kappa shape index (κ1) is 12.5. The Morgan fingerprint density at radius 1 is 1.60 bits per heavy atom. The third kappa shape index (κ3) is 3.80. The first-order chi connectivity index (χ1) is 6.94. The van der Waals surface area contributed by atoms with E-state index in [1.165, 1.54) is 0 Å². The van der Waals surface area contributed by atoms with E-state index in [0.29, 0.717) is 0 Å². The van der Waals surface area contributed by atoms with Crippen molar-refractivity contribution in [2.75, 3.05) is 26.2 Å². The van der Waals surface area contributed by atoms with Gasteiger partial charge in [0.25, 0.3) is 0 Å². The van der Waals surface area contributed by atoms with Crippen LogP contribution in [0.3, 0.4) is 0 Å². The molecule has 0 aliphatic carbocycles. The number of carbonyl (C=O) groups is 1. The third-order valence-corrected chi connectivity index (χ3v) is 2.95. The molecule has 88 valence electrons. The van der Waals surface area contributed by atoms with E-state index in [2.05, 4.69) is 31.0 Å². The Hall–Kier alpha value is -0.610. The van der Waals surface area contributed by atoms with Gasteiger partial charge in [-0.05, 0) is 12.0 Å². The van der Waals surface area contributed by atoms with E-state index >= 15 is 0 Å². The molecule has 0 radical (unpaired) electrons. The lowest BCUT2D eigenvalue weighted by Gasteiger charge is -2.32. The number of rotatable bonds is 3. The number of nitrogens with zero attached hydrogens (tertiary/aromatic N) is 1. The molecule has 4 heteroatoms. The molecule has 1 saturated heterocycles. The number of hydrogen-bond donors (Lipinski definition) is 2. The standard InChI is InChI=1S/C11H22N2O2/c1-4-13-8-11(2,3)7-12-6-9(13)5-10(14)15/h9,12H,4-8H2,1-3H3,(H,14,15). The van der Waals surface area contributed by atoms with Crippen LogP contribution in [-0.2, 0) is 4.79 Å². The van der Waals surface area contributed by atoms with E-state index in [-0.39, 0.29) is 17.9 Å². The van der Waals surface area contributed by atoms with E-state index in [0.717, 1.165) is 26.2 Å². The molecule has 4 nitrogen and oxygen atoms in total. The number of aliphatic carboxylic acids is 1. The van der Waals surface area contributed by atoms with E-state index in [1.54, 1.807) is 0 Å². The van der Waals surface area contributed by atoms with Gasteiger partial charge in [-0.25, -0.2) is 0 Å². The van der Waals surface area contributed by atoms with Gasteiger partial charge in [0.2, 0.25) is 0 Å². The van der Waals surface area contributed by atoms with Crippen molar-refractivity contribution in [2.45, 2.75) is 33.2 Å². The van der Waals surface area contributed by atoms with Gasteiger partial charge in [0.1, 0.15) is 0 Å². The van der Waals surface area contributed by atoms with Crippen LogP contribution in [0.25, 0.3) is 0 Å². The molecule has 0 aromatic heterocycles. The summed E-state index contributed by atoms with van der Waals surface area (Å²) in [6.45, 7) is 10.1. The van der Waals surface area contributed by atoms with Crippen LogP contribution in [0, 0.1) is 5.41 Å². The van der Waals surface area contributed by atoms with Crippen LogP contribution in [-0.4, -0.2) is 48.2 Å². The quantitative estimate of drug-likeness (QED) is 0.729. The fourth-order valence-corrected chi connectivity index (χ4v) is 2.21. The van der Waals surface area contributed by atoms with Crippen LogP contribution in [0.15, 0.2) is 0 Å². The Labute approximate surface area is 91.6 Å². The first-order valence-corrected chi connectivity index (χ1v) is 5.61. The number of nitrogens with one attached hydrogen (secondary N) is 1. The third-order valence-electron chi connectivity index (χ3n) is 2.95. The maximum absolute atomic E-state index is 10.7. The molecule has 0 aromatic carbocycles. The lowest BCUT2D eigenvalue weighted by atomic mass is 9.93. The van der Waals surface area contributed by atoms with E-state index in [9.17, 15) is 4.79 Å². The van der Waals surface area contributed by atoms with Crippen molar-refractivity contribution in [3.8, 4) is 0 Å².